The van der Waals surface area contributed by atoms with E-state index in [-0.39, 0.29) is 0 Å². The number of nitrogens with zero attached hydrogens (tertiary/aromatic N) is 1. The first-order valence-corrected chi connectivity index (χ1v) is 7.15. The van der Waals surface area contributed by atoms with Gasteiger partial charge in [-0.3, -0.25) is 0 Å². The fraction of sp³-hybridized carbons (Fsp3) is 0.929. The van der Waals surface area contributed by atoms with E-state index in [2.05, 4.69) is 17.1 Å². The van der Waals surface area contributed by atoms with Crippen molar-refractivity contribution in [2.45, 2.75) is 51.0 Å². The first-order chi connectivity index (χ1) is 7.90. The third kappa shape index (κ3) is 3.46. The summed E-state index contributed by atoms with van der Waals surface area (Å²) in [5.74, 6) is 0.824. The Morgan fingerprint density at radius 2 is 2.06 bits per heavy atom. The first kappa shape index (κ1) is 12.4. The predicted molar refractivity (Wildman–Crippen MR) is 69.4 cm³/mol. The van der Waals surface area contributed by atoms with E-state index in [1.807, 2.05) is 0 Å². The van der Waals surface area contributed by atoms with Crippen LogP contribution in [0.5, 0.6) is 0 Å². The normalized spacial score (nSPS) is 28.7. The van der Waals surface area contributed by atoms with Crippen molar-refractivity contribution in [2.24, 2.45) is 5.92 Å². The third-order valence-corrected chi connectivity index (χ3v) is 4.29. The molecule has 0 aliphatic carbocycles. The molecule has 2 aliphatic heterocycles. The summed E-state index contributed by atoms with van der Waals surface area (Å²) in [4.78, 5) is 2.63. The molecule has 0 amide bonds. The second-order valence-electron chi connectivity index (χ2n) is 5.44. The summed E-state index contributed by atoms with van der Waals surface area (Å²) in [7, 11) is 0. The minimum absolute atomic E-state index is 0.774. The Labute approximate surface area is 101 Å². The minimum atomic E-state index is 0.774. The lowest BCUT2D eigenvalue weighted by molar-refractivity contribution is 0.295. The molecule has 2 rings (SSSR count). The van der Waals surface area contributed by atoms with Gasteiger partial charge in [0.15, 0.2) is 0 Å². The molecular formula is C14H27N2. The summed E-state index contributed by atoms with van der Waals surface area (Å²) >= 11 is 0. The van der Waals surface area contributed by atoms with E-state index in [4.69, 9.17) is 0 Å². The van der Waals surface area contributed by atoms with Crippen LogP contribution in [0.4, 0.5) is 0 Å². The quantitative estimate of drug-likeness (QED) is 0.744. The molecule has 2 atom stereocenters. The Balaban J connectivity index is 1.62. The smallest absolute Gasteiger partial charge is 0.00958 e. The van der Waals surface area contributed by atoms with E-state index in [0.29, 0.717) is 0 Å². The monoisotopic (exact) mass is 223 g/mol. The van der Waals surface area contributed by atoms with Crippen molar-refractivity contribution >= 4 is 0 Å². The number of hydrogen-bond donors (Lipinski definition) is 1. The number of rotatable bonds is 6. The fourth-order valence-corrected chi connectivity index (χ4v) is 3.24. The lowest BCUT2D eigenvalue weighted by Gasteiger charge is -2.23. The van der Waals surface area contributed by atoms with Gasteiger partial charge in [-0.1, -0.05) is 6.92 Å². The van der Waals surface area contributed by atoms with Crippen molar-refractivity contribution in [2.75, 3.05) is 26.2 Å². The zero-order chi connectivity index (χ0) is 11.2. The van der Waals surface area contributed by atoms with Gasteiger partial charge in [0.2, 0.25) is 0 Å². The van der Waals surface area contributed by atoms with Gasteiger partial charge in [0.1, 0.15) is 0 Å². The van der Waals surface area contributed by atoms with Crippen LogP contribution in [-0.2, 0) is 0 Å². The molecule has 1 radical (unpaired) electrons. The molecule has 2 aliphatic rings. The molecule has 2 fully saturated rings. The minimum Gasteiger partial charge on any atom is -0.314 e. The SMILES string of the molecule is [CH2]CC(CCCN1CCCC1)C1CCCN1. The highest BCUT2D eigenvalue weighted by atomic mass is 15.1. The van der Waals surface area contributed by atoms with E-state index >= 15 is 0 Å². The van der Waals surface area contributed by atoms with Gasteiger partial charge in [0.25, 0.3) is 0 Å². The van der Waals surface area contributed by atoms with Crippen molar-refractivity contribution in [3.8, 4) is 0 Å². The summed E-state index contributed by atoms with van der Waals surface area (Å²) in [5, 5.41) is 3.63. The van der Waals surface area contributed by atoms with Crippen LogP contribution in [0.15, 0.2) is 0 Å². The number of likely N-dealkylation sites (tertiary alicyclic amines) is 1. The highest BCUT2D eigenvalue weighted by Crippen LogP contribution is 2.22. The van der Waals surface area contributed by atoms with Gasteiger partial charge in [0, 0.05) is 6.04 Å². The molecule has 93 valence electrons. The number of nitrogens with one attached hydrogen (secondary N) is 1. The van der Waals surface area contributed by atoms with Crippen LogP contribution < -0.4 is 5.32 Å². The average Bonchev–Trinajstić information content (AvgIpc) is 2.96. The molecule has 0 spiro atoms. The van der Waals surface area contributed by atoms with Gasteiger partial charge < -0.3 is 10.2 Å². The third-order valence-electron chi connectivity index (χ3n) is 4.29. The fourth-order valence-electron chi connectivity index (χ4n) is 3.24. The Morgan fingerprint density at radius 3 is 2.69 bits per heavy atom. The summed E-state index contributed by atoms with van der Waals surface area (Å²) < 4.78 is 0. The molecule has 2 unspecified atom stereocenters. The maximum atomic E-state index is 4.13. The molecule has 16 heavy (non-hydrogen) atoms. The van der Waals surface area contributed by atoms with Crippen LogP contribution in [-0.4, -0.2) is 37.1 Å². The molecule has 0 aromatic carbocycles. The zero-order valence-electron chi connectivity index (χ0n) is 10.6. The van der Waals surface area contributed by atoms with Crippen molar-refractivity contribution in [1.82, 2.24) is 10.2 Å². The maximum Gasteiger partial charge on any atom is 0.00958 e. The van der Waals surface area contributed by atoms with Crippen molar-refractivity contribution in [3.05, 3.63) is 6.92 Å². The van der Waals surface area contributed by atoms with E-state index < -0.39 is 0 Å². The second kappa shape index (κ2) is 6.61. The Bertz CT molecular complexity index is 181. The molecule has 1 N–H and O–H groups in total. The Hall–Kier alpha value is -0.0800. The lowest BCUT2D eigenvalue weighted by Crippen LogP contribution is -2.31. The maximum absolute atomic E-state index is 4.13. The van der Waals surface area contributed by atoms with Gasteiger partial charge in [-0.05, 0) is 77.0 Å². The molecule has 2 heteroatoms. The van der Waals surface area contributed by atoms with Crippen LogP contribution in [0, 0.1) is 12.8 Å². The second-order valence-corrected chi connectivity index (χ2v) is 5.44. The van der Waals surface area contributed by atoms with E-state index in [0.717, 1.165) is 18.4 Å². The van der Waals surface area contributed by atoms with Crippen molar-refractivity contribution in [1.29, 1.82) is 0 Å². The highest BCUT2D eigenvalue weighted by molar-refractivity contribution is 4.82. The molecule has 0 bridgehead atoms. The van der Waals surface area contributed by atoms with E-state index in [9.17, 15) is 0 Å². The Kier molecular flexibility index (Phi) is 5.11. The molecule has 0 aromatic rings. The Morgan fingerprint density at radius 1 is 1.25 bits per heavy atom. The average molecular weight is 223 g/mol. The summed E-state index contributed by atoms with van der Waals surface area (Å²) in [6, 6.07) is 0.774. The summed E-state index contributed by atoms with van der Waals surface area (Å²) in [6.07, 6.45) is 9.44. The first-order valence-electron chi connectivity index (χ1n) is 7.15. The predicted octanol–water partition coefficient (Wildman–Crippen LogP) is 2.45. The van der Waals surface area contributed by atoms with E-state index in [1.165, 1.54) is 64.7 Å². The van der Waals surface area contributed by atoms with Gasteiger partial charge in [-0.15, -0.1) is 0 Å². The molecule has 2 saturated heterocycles. The van der Waals surface area contributed by atoms with Crippen molar-refractivity contribution in [3.63, 3.8) is 0 Å². The molecule has 2 heterocycles. The lowest BCUT2D eigenvalue weighted by atomic mass is 9.91. The van der Waals surface area contributed by atoms with Gasteiger partial charge in [-0.25, -0.2) is 0 Å². The molecular weight excluding hydrogens is 196 g/mol. The largest absolute Gasteiger partial charge is 0.314 e. The summed E-state index contributed by atoms with van der Waals surface area (Å²) in [6.45, 7) is 9.37. The van der Waals surface area contributed by atoms with Crippen LogP contribution in [0.25, 0.3) is 0 Å². The van der Waals surface area contributed by atoms with E-state index in [1.54, 1.807) is 0 Å². The van der Waals surface area contributed by atoms with Gasteiger partial charge in [-0.2, -0.15) is 0 Å². The standard InChI is InChI=1S/C14H27N2/c1-2-13(14-8-5-9-15-14)7-6-12-16-10-3-4-11-16/h13-15H,1-12H2. The summed E-state index contributed by atoms with van der Waals surface area (Å²) in [5.41, 5.74) is 0. The van der Waals surface area contributed by atoms with Gasteiger partial charge in [0.05, 0.1) is 0 Å². The van der Waals surface area contributed by atoms with Crippen LogP contribution in [0.2, 0.25) is 0 Å². The molecule has 0 saturated carbocycles. The van der Waals surface area contributed by atoms with Crippen LogP contribution in [0.1, 0.15) is 44.9 Å². The molecule has 2 nitrogen and oxygen atoms in total. The number of hydrogen-bond acceptors (Lipinski definition) is 2. The van der Waals surface area contributed by atoms with Crippen molar-refractivity contribution < 1.29 is 0 Å². The van der Waals surface area contributed by atoms with Gasteiger partial charge >= 0.3 is 0 Å². The molecule has 0 aromatic heterocycles. The topological polar surface area (TPSA) is 15.3 Å². The van der Waals surface area contributed by atoms with Crippen LogP contribution in [0.3, 0.4) is 0 Å². The zero-order valence-corrected chi connectivity index (χ0v) is 10.6. The highest BCUT2D eigenvalue weighted by Gasteiger charge is 2.23. The van der Waals surface area contributed by atoms with Crippen LogP contribution >= 0.6 is 0 Å².